The van der Waals surface area contributed by atoms with Crippen molar-refractivity contribution in [2.24, 2.45) is 0 Å². The quantitative estimate of drug-likeness (QED) is 0.564. The van der Waals surface area contributed by atoms with Crippen LogP contribution < -0.4 is 4.74 Å². The Balaban J connectivity index is 2.15. The van der Waals surface area contributed by atoms with Gasteiger partial charge in [-0.25, -0.2) is 0 Å². The summed E-state index contributed by atoms with van der Waals surface area (Å²) in [6.45, 7) is 0. The van der Waals surface area contributed by atoms with E-state index in [1.165, 1.54) is 6.20 Å². The average molecular weight is 208 g/mol. The SMILES string of the molecule is O=[N+]([O-])c1ncccc1OC1CCCC1. The second kappa shape index (κ2) is 4.25. The Hall–Kier alpha value is -1.65. The number of aromatic nitrogens is 1. The molecule has 1 aromatic heterocycles. The molecular weight excluding hydrogens is 196 g/mol. The highest BCUT2D eigenvalue weighted by Gasteiger charge is 2.22. The first-order valence-electron chi connectivity index (χ1n) is 5.03. The van der Waals surface area contributed by atoms with Crippen molar-refractivity contribution in [2.45, 2.75) is 31.8 Å². The summed E-state index contributed by atoms with van der Waals surface area (Å²) in [6.07, 6.45) is 5.75. The summed E-state index contributed by atoms with van der Waals surface area (Å²) < 4.78 is 5.56. The minimum atomic E-state index is -0.510. The number of rotatable bonds is 3. The molecule has 0 bridgehead atoms. The molecule has 15 heavy (non-hydrogen) atoms. The molecule has 1 aliphatic carbocycles. The van der Waals surface area contributed by atoms with Crippen LogP contribution in [0.25, 0.3) is 0 Å². The smallest absolute Gasteiger partial charge is 0.406 e. The van der Waals surface area contributed by atoms with Crippen molar-refractivity contribution in [3.8, 4) is 5.75 Å². The van der Waals surface area contributed by atoms with Crippen LogP contribution in [0.3, 0.4) is 0 Å². The summed E-state index contributed by atoms with van der Waals surface area (Å²) >= 11 is 0. The molecule has 1 fully saturated rings. The van der Waals surface area contributed by atoms with E-state index in [0.29, 0.717) is 0 Å². The number of nitrogens with zero attached hydrogens (tertiary/aromatic N) is 2. The van der Waals surface area contributed by atoms with Gasteiger partial charge in [-0.05, 0) is 47.7 Å². The van der Waals surface area contributed by atoms with Gasteiger partial charge < -0.3 is 14.9 Å². The van der Waals surface area contributed by atoms with Gasteiger partial charge in [-0.2, -0.15) is 0 Å². The van der Waals surface area contributed by atoms with Gasteiger partial charge in [-0.1, -0.05) is 0 Å². The minimum absolute atomic E-state index is 0.118. The Morgan fingerprint density at radius 2 is 2.20 bits per heavy atom. The zero-order chi connectivity index (χ0) is 10.7. The molecule has 1 heterocycles. The average Bonchev–Trinajstić information content (AvgIpc) is 2.71. The summed E-state index contributed by atoms with van der Waals surface area (Å²) in [4.78, 5) is 13.8. The molecule has 80 valence electrons. The molecule has 0 amide bonds. The van der Waals surface area contributed by atoms with E-state index in [2.05, 4.69) is 4.98 Å². The molecule has 0 aliphatic heterocycles. The van der Waals surface area contributed by atoms with Gasteiger partial charge >= 0.3 is 5.82 Å². The van der Waals surface area contributed by atoms with Gasteiger partial charge in [0.2, 0.25) is 5.75 Å². The maximum atomic E-state index is 10.7. The lowest BCUT2D eigenvalue weighted by Gasteiger charge is -2.11. The van der Waals surface area contributed by atoms with Crippen LogP contribution in [0.4, 0.5) is 5.82 Å². The third-order valence-electron chi connectivity index (χ3n) is 2.52. The van der Waals surface area contributed by atoms with E-state index in [-0.39, 0.29) is 17.7 Å². The van der Waals surface area contributed by atoms with Crippen LogP contribution in [0.15, 0.2) is 18.3 Å². The Morgan fingerprint density at radius 3 is 2.87 bits per heavy atom. The van der Waals surface area contributed by atoms with E-state index in [0.717, 1.165) is 25.7 Å². The number of nitro groups is 1. The van der Waals surface area contributed by atoms with Crippen LogP contribution in [0.2, 0.25) is 0 Å². The lowest BCUT2D eigenvalue weighted by molar-refractivity contribution is -0.390. The maximum absolute atomic E-state index is 10.7. The predicted molar refractivity (Wildman–Crippen MR) is 53.8 cm³/mol. The molecule has 1 aromatic rings. The van der Waals surface area contributed by atoms with E-state index >= 15 is 0 Å². The molecule has 1 saturated carbocycles. The van der Waals surface area contributed by atoms with Crippen LogP contribution in [-0.4, -0.2) is 16.0 Å². The van der Waals surface area contributed by atoms with E-state index in [9.17, 15) is 10.1 Å². The monoisotopic (exact) mass is 208 g/mol. The minimum Gasteiger partial charge on any atom is -0.482 e. The Labute approximate surface area is 87.2 Å². The van der Waals surface area contributed by atoms with E-state index in [4.69, 9.17) is 4.74 Å². The third-order valence-corrected chi connectivity index (χ3v) is 2.52. The molecule has 0 unspecified atom stereocenters. The van der Waals surface area contributed by atoms with Crippen molar-refractivity contribution in [1.29, 1.82) is 0 Å². The highest BCUT2D eigenvalue weighted by molar-refractivity contribution is 5.38. The van der Waals surface area contributed by atoms with Crippen molar-refractivity contribution >= 4 is 5.82 Å². The molecule has 0 N–H and O–H groups in total. The molecule has 2 rings (SSSR count). The van der Waals surface area contributed by atoms with Gasteiger partial charge in [0.05, 0.1) is 6.10 Å². The summed E-state index contributed by atoms with van der Waals surface area (Å²) in [6, 6.07) is 3.25. The summed E-state index contributed by atoms with van der Waals surface area (Å²) in [5.41, 5.74) is 0. The van der Waals surface area contributed by atoms with Crippen molar-refractivity contribution in [2.75, 3.05) is 0 Å². The normalized spacial score (nSPS) is 16.5. The lowest BCUT2D eigenvalue weighted by Crippen LogP contribution is -2.12. The first kappa shape index (κ1) is 9.89. The molecule has 0 spiro atoms. The van der Waals surface area contributed by atoms with Crippen LogP contribution in [-0.2, 0) is 0 Å². The molecule has 5 heteroatoms. The highest BCUT2D eigenvalue weighted by Crippen LogP contribution is 2.29. The Bertz CT molecular complexity index is 361. The third kappa shape index (κ3) is 2.23. The Morgan fingerprint density at radius 1 is 1.47 bits per heavy atom. The number of pyridine rings is 1. The van der Waals surface area contributed by atoms with E-state index in [1.807, 2.05) is 0 Å². The van der Waals surface area contributed by atoms with Gasteiger partial charge in [0.1, 0.15) is 6.20 Å². The van der Waals surface area contributed by atoms with Crippen LogP contribution in [0, 0.1) is 10.1 Å². The summed E-state index contributed by atoms with van der Waals surface area (Å²) in [7, 11) is 0. The second-order valence-electron chi connectivity index (χ2n) is 3.61. The highest BCUT2D eigenvalue weighted by atomic mass is 16.6. The second-order valence-corrected chi connectivity index (χ2v) is 3.61. The number of hydrogen-bond donors (Lipinski definition) is 0. The lowest BCUT2D eigenvalue weighted by atomic mass is 10.3. The van der Waals surface area contributed by atoms with Crippen LogP contribution >= 0.6 is 0 Å². The first-order valence-corrected chi connectivity index (χ1v) is 5.03. The van der Waals surface area contributed by atoms with Crippen molar-refractivity contribution in [1.82, 2.24) is 4.98 Å². The molecule has 5 nitrogen and oxygen atoms in total. The fraction of sp³-hybridized carbons (Fsp3) is 0.500. The summed E-state index contributed by atoms with van der Waals surface area (Å²) in [5, 5.41) is 10.7. The van der Waals surface area contributed by atoms with E-state index in [1.54, 1.807) is 12.1 Å². The standard InChI is InChI=1S/C10H12N2O3/c13-12(14)10-9(6-3-7-11-10)15-8-4-1-2-5-8/h3,6-8H,1-2,4-5H2. The first-order chi connectivity index (χ1) is 7.27. The molecule has 0 radical (unpaired) electrons. The summed E-state index contributed by atoms with van der Waals surface area (Å²) in [5.74, 6) is 0.0961. The zero-order valence-corrected chi connectivity index (χ0v) is 8.26. The van der Waals surface area contributed by atoms with Gasteiger partial charge in [0.25, 0.3) is 0 Å². The van der Waals surface area contributed by atoms with Gasteiger partial charge in [-0.15, -0.1) is 0 Å². The van der Waals surface area contributed by atoms with Crippen LogP contribution in [0.1, 0.15) is 25.7 Å². The Kier molecular flexibility index (Phi) is 2.80. The van der Waals surface area contributed by atoms with Crippen LogP contribution in [0.5, 0.6) is 5.75 Å². The molecule has 1 aliphatic rings. The zero-order valence-electron chi connectivity index (χ0n) is 8.26. The van der Waals surface area contributed by atoms with Gasteiger partial charge in [-0.3, -0.25) is 0 Å². The van der Waals surface area contributed by atoms with Crippen molar-refractivity contribution in [3.63, 3.8) is 0 Å². The topological polar surface area (TPSA) is 65.3 Å². The van der Waals surface area contributed by atoms with Crippen molar-refractivity contribution < 1.29 is 9.66 Å². The largest absolute Gasteiger partial charge is 0.482 e. The fourth-order valence-electron chi connectivity index (χ4n) is 1.80. The predicted octanol–water partition coefficient (Wildman–Crippen LogP) is 2.31. The van der Waals surface area contributed by atoms with Gasteiger partial charge in [0, 0.05) is 0 Å². The molecular formula is C10H12N2O3. The number of ether oxygens (including phenoxy) is 1. The number of hydrogen-bond acceptors (Lipinski definition) is 4. The van der Waals surface area contributed by atoms with Crippen molar-refractivity contribution in [3.05, 3.63) is 28.4 Å². The molecule has 0 aromatic carbocycles. The van der Waals surface area contributed by atoms with E-state index < -0.39 is 4.92 Å². The molecule has 0 saturated heterocycles. The fourth-order valence-corrected chi connectivity index (χ4v) is 1.80. The molecule has 0 atom stereocenters. The van der Waals surface area contributed by atoms with Gasteiger partial charge in [0.15, 0.2) is 0 Å². The maximum Gasteiger partial charge on any atom is 0.406 e.